The van der Waals surface area contributed by atoms with Crippen LogP contribution >= 0.6 is 0 Å². The smallest absolute Gasteiger partial charge is 0.231 e. The Hall–Kier alpha value is -2.09. The number of hydrogen-bond donors (Lipinski definition) is 1. The van der Waals surface area contributed by atoms with Gasteiger partial charge in [0.1, 0.15) is 0 Å². The molecule has 1 amide bonds. The molecular formula is C19H21NO. The second kappa shape index (κ2) is 5.72. The van der Waals surface area contributed by atoms with Crippen LogP contribution in [0.5, 0.6) is 0 Å². The Morgan fingerprint density at radius 3 is 2.52 bits per heavy atom. The molecule has 1 aliphatic carbocycles. The highest BCUT2D eigenvalue weighted by molar-refractivity contribution is 5.97. The summed E-state index contributed by atoms with van der Waals surface area (Å²) in [6.07, 6.45) is 3.11. The predicted octanol–water partition coefficient (Wildman–Crippen LogP) is 4.36. The van der Waals surface area contributed by atoms with E-state index >= 15 is 0 Å². The molecule has 0 bridgehead atoms. The molecule has 1 aliphatic rings. The minimum atomic E-state index is -0.0195. The van der Waals surface area contributed by atoms with Crippen LogP contribution in [0.2, 0.25) is 0 Å². The summed E-state index contributed by atoms with van der Waals surface area (Å²) in [5.41, 5.74) is 5.73. The highest BCUT2D eigenvalue weighted by Gasteiger charge is 2.26. The number of carbonyl (C=O) groups is 1. The highest BCUT2D eigenvalue weighted by Crippen LogP contribution is 2.33. The lowest BCUT2D eigenvalue weighted by molar-refractivity contribution is -0.117. The van der Waals surface area contributed by atoms with Crippen LogP contribution in [0.1, 0.15) is 41.0 Å². The maximum Gasteiger partial charge on any atom is 0.231 e. The summed E-state index contributed by atoms with van der Waals surface area (Å²) in [4.78, 5) is 12.7. The number of aryl methyl sites for hydroxylation is 3. The standard InChI is InChI=1S/C19H21NO/c1-13-7-5-8-14(2)18(13)20-19(21)17-12-6-10-15-9-3-4-11-16(15)17/h3-5,7-9,11,17H,6,10,12H2,1-2H3,(H,20,21). The number of fused-ring (bicyclic) bond motifs is 1. The minimum absolute atomic E-state index is 0.0195. The summed E-state index contributed by atoms with van der Waals surface area (Å²) in [5.74, 6) is 0.105. The van der Waals surface area contributed by atoms with Gasteiger partial charge in [0.15, 0.2) is 0 Å². The average molecular weight is 279 g/mol. The third kappa shape index (κ3) is 2.71. The molecular weight excluding hydrogens is 258 g/mol. The quantitative estimate of drug-likeness (QED) is 0.869. The van der Waals surface area contributed by atoms with Gasteiger partial charge in [-0.1, -0.05) is 42.5 Å². The maximum atomic E-state index is 12.7. The Labute approximate surface area is 126 Å². The molecule has 0 fully saturated rings. The van der Waals surface area contributed by atoms with Crippen LogP contribution in [0.4, 0.5) is 5.69 Å². The average Bonchev–Trinajstić information content (AvgIpc) is 2.50. The van der Waals surface area contributed by atoms with Crippen molar-refractivity contribution in [1.29, 1.82) is 0 Å². The molecule has 0 radical (unpaired) electrons. The van der Waals surface area contributed by atoms with Gasteiger partial charge in [-0.3, -0.25) is 4.79 Å². The Morgan fingerprint density at radius 2 is 1.76 bits per heavy atom. The molecule has 1 N–H and O–H groups in total. The number of carbonyl (C=O) groups excluding carboxylic acids is 1. The number of rotatable bonds is 2. The summed E-state index contributed by atoms with van der Waals surface area (Å²) in [6.45, 7) is 4.08. The molecule has 0 saturated heterocycles. The van der Waals surface area contributed by atoms with Crippen molar-refractivity contribution >= 4 is 11.6 Å². The van der Waals surface area contributed by atoms with E-state index in [1.165, 1.54) is 11.1 Å². The fraction of sp³-hybridized carbons (Fsp3) is 0.316. The summed E-state index contributed by atoms with van der Waals surface area (Å²) >= 11 is 0. The Morgan fingerprint density at radius 1 is 1.05 bits per heavy atom. The summed E-state index contributed by atoms with van der Waals surface area (Å²) in [7, 11) is 0. The Kier molecular flexibility index (Phi) is 3.78. The first-order valence-electron chi connectivity index (χ1n) is 7.61. The van der Waals surface area contributed by atoms with Crippen LogP contribution in [0.15, 0.2) is 42.5 Å². The SMILES string of the molecule is Cc1cccc(C)c1NC(=O)C1CCCc2ccccc21. The van der Waals surface area contributed by atoms with Crippen molar-refractivity contribution in [3.63, 3.8) is 0 Å². The predicted molar refractivity (Wildman–Crippen MR) is 86.7 cm³/mol. The van der Waals surface area contributed by atoms with Crippen LogP contribution in [0.3, 0.4) is 0 Å². The van der Waals surface area contributed by atoms with E-state index in [4.69, 9.17) is 0 Å². The minimum Gasteiger partial charge on any atom is -0.325 e. The van der Waals surface area contributed by atoms with Gasteiger partial charge in [-0.15, -0.1) is 0 Å². The van der Waals surface area contributed by atoms with Gasteiger partial charge in [0.25, 0.3) is 0 Å². The van der Waals surface area contributed by atoms with Gasteiger partial charge in [0, 0.05) is 5.69 Å². The molecule has 21 heavy (non-hydrogen) atoms. The molecule has 2 heteroatoms. The van der Waals surface area contributed by atoms with E-state index in [0.29, 0.717) is 0 Å². The van der Waals surface area contributed by atoms with Gasteiger partial charge < -0.3 is 5.32 Å². The van der Waals surface area contributed by atoms with Crippen molar-refractivity contribution in [2.45, 2.75) is 39.0 Å². The van der Waals surface area contributed by atoms with E-state index in [2.05, 4.69) is 23.5 Å². The number of anilines is 1. The summed E-state index contributed by atoms with van der Waals surface area (Å²) < 4.78 is 0. The molecule has 0 aliphatic heterocycles. The van der Waals surface area contributed by atoms with Crippen molar-refractivity contribution < 1.29 is 4.79 Å². The Bertz CT molecular complexity index is 655. The normalized spacial score (nSPS) is 17.1. The van der Waals surface area contributed by atoms with E-state index in [-0.39, 0.29) is 11.8 Å². The van der Waals surface area contributed by atoms with Crippen molar-refractivity contribution in [2.75, 3.05) is 5.32 Å². The number of amides is 1. The van der Waals surface area contributed by atoms with Crippen LogP contribution in [-0.4, -0.2) is 5.91 Å². The van der Waals surface area contributed by atoms with Crippen LogP contribution in [-0.2, 0) is 11.2 Å². The zero-order valence-corrected chi connectivity index (χ0v) is 12.6. The molecule has 0 heterocycles. The molecule has 0 saturated carbocycles. The van der Waals surface area contributed by atoms with Gasteiger partial charge in [-0.2, -0.15) is 0 Å². The number of para-hydroxylation sites is 1. The zero-order chi connectivity index (χ0) is 14.8. The van der Waals surface area contributed by atoms with Crippen molar-refractivity contribution in [1.82, 2.24) is 0 Å². The van der Waals surface area contributed by atoms with Gasteiger partial charge in [0.2, 0.25) is 5.91 Å². The number of hydrogen-bond acceptors (Lipinski definition) is 1. The van der Waals surface area contributed by atoms with Crippen LogP contribution < -0.4 is 5.32 Å². The van der Waals surface area contributed by atoms with E-state index in [1.807, 2.05) is 38.1 Å². The van der Waals surface area contributed by atoms with Crippen LogP contribution in [0.25, 0.3) is 0 Å². The van der Waals surface area contributed by atoms with Crippen molar-refractivity contribution in [3.05, 3.63) is 64.7 Å². The second-order valence-electron chi connectivity index (χ2n) is 5.90. The summed E-state index contributed by atoms with van der Waals surface area (Å²) in [5, 5.41) is 3.15. The number of nitrogens with one attached hydrogen (secondary N) is 1. The van der Waals surface area contributed by atoms with Gasteiger partial charge in [0.05, 0.1) is 5.92 Å². The molecule has 0 aromatic heterocycles. The molecule has 2 aromatic carbocycles. The van der Waals surface area contributed by atoms with Crippen LogP contribution in [0, 0.1) is 13.8 Å². The van der Waals surface area contributed by atoms with E-state index < -0.39 is 0 Å². The molecule has 108 valence electrons. The fourth-order valence-corrected chi connectivity index (χ4v) is 3.25. The van der Waals surface area contributed by atoms with Crippen molar-refractivity contribution in [2.24, 2.45) is 0 Å². The molecule has 0 spiro atoms. The lowest BCUT2D eigenvalue weighted by atomic mass is 9.82. The fourth-order valence-electron chi connectivity index (χ4n) is 3.25. The zero-order valence-electron chi connectivity index (χ0n) is 12.6. The summed E-state index contributed by atoms with van der Waals surface area (Å²) in [6, 6.07) is 14.4. The van der Waals surface area contributed by atoms with E-state index in [0.717, 1.165) is 36.1 Å². The molecule has 1 unspecified atom stereocenters. The van der Waals surface area contributed by atoms with E-state index in [9.17, 15) is 4.79 Å². The molecule has 3 rings (SSSR count). The monoisotopic (exact) mass is 279 g/mol. The first kappa shape index (κ1) is 13.9. The first-order chi connectivity index (χ1) is 10.2. The first-order valence-corrected chi connectivity index (χ1v) is 7.61. The van der Waals surface area contributed by atoms with Crippen molar-refractivity contribution in [3.8, 4) is 0 Å². The highest BCUT2D eigenvalue weighted by atomic mass is 16.1. The molecule has 1 atom stereocenters. The van der Waals surface area contributed by atoms with E-state index in [1.54, 1.807) is 0 Å². The van der Waals surface area contributed by atoms with Gasteiger partial charge >= 0.3 is 0 Å². The lowest BCUT2D eigenvalue weighted by Crippen LogP contribution is -2.25. The third-order valence-corrected chi connectivity index (χ3v) is 4.42. The maximum absolute atomic E-state index is 12.7. The third-order valence-electron chi connectivity index (χ3n) is 4.42. The van der Waals surface area contributed by atoms with Gasteiger partial charge in [-0.05, 0) is 55.4 Å². The largest absolute Gasteiger partial charge is 0.325 e. The second-order valence-corrected chi connectivity index (χ2v) is 5.90. The lowest BCUT2D eigenvalue weighted by Gasteiger charge is -2.25. The number of benzene rings is 2. The Balaban J connectivity index is 1.87. The molecule has 2 aromatic rings. The topological polar surface area (TPSA) is 29.1 Å². The molecule has 2 nitrogen and oxygen atoms in total. The van der Waals surface area contributed by atoms with Gasteiger partial charge in [-0.25, -0.2) is 0 Å².